The molecule has 0 saturated carbocycles. The Bertz CT molecular complexity index is 582. The van der Waals surface area contributed by atoms with Crippen molar-refractivity contribution in [3.63, 3.8) is 0 Å². The van der Waals surface area contributed by atoms with Gasteiger partial charge in [-0.25, -0.2) is 9.97 Å². The van der Waals surface area contributed by atoms with Crippen LogP contribution in [0.25, 0.3) is 11.1 Å². The molecule has 0 bridgehead atoms. The lowest BCUT2D eigenvalue weighted by atomic mass is 10.1. The first-order valence-electron chi connectivity index (χ1n) is 6.16. The second kappa shape index (κ2) is 6.93. The molecule has 2 N–H and O–H groups in total. The third-order valence-corrected chi connectivity index (χ3v) is 3.90. The molecule has 2 aromatic rings. The Morgan fingerprint density at radius 3 is 2.85 bits per heavy atom. The number of thiophene rings is 1. The van der Waals surface area contributed by atoms with Gasteiger partial charge in [0.1, 0.15) is 6.33 Å². The van der Waals surface area contributed by atoms with Gasteiger partial charge in [0, 0.05) is 29.3 Å². The quantitative estimate of drug-likeness (QED) is 0.854. The van der Waals surface area contributed by atoms with E-state index < -0.39 is 0 Å². The Balaban J connectivity index is 2.14. The molecule has 0 fully saturated rings. The molecule has 0 radical (unpaired) electrons. The average Bonchev–Trinajstić information content (AvgIpc) is 2.95. The second-order valence-corrected chi connectivity index (χ2v) is 5.12. The van der Waals surface area contributed by atoms with Crippen molar-refractivity contribution in [2.75, 3.05) is 7.05 Å². The highest BCUT2D eigenvalue weighted by atomic mass is 32.1. The summed E-state index contributed by atoms with van der Waals surface area (Å²) in [5.41, 5.74) is 2.04. The van der Waals surface area contributed by atoms with Crippen molar-refractivity contribution in [2.45, 2.75) is 12.5 Å². The maximum Gasteiger partial charge on any atom is 0.225 e. The topological polar surface area (TPSA) is 66.9 Å². The molecule has 0 saturated heterocycles. The SMILES string of the molecule is C=CNC(=O)CC(NC)c1cc(-c2cncnc2)cs1. The van der Waals surface area contributed by atoms with Gasteiger partial charge in [-0.1, -0.05) is 6.58 Å². The Labute approximate surface area is 121 Å². The van der Waals surface area contributed by atoms with Crippen LogP contribution in [0.2, 0.25) is 0 Å². The standard InChI is InChI=1S/C14H16N4OS/c1-3-18-14(19)5-12(15-2)13-4-10(8-20-13)11-6-16-9-17-7-11/h3-4,6-9,12,15H,1,5H2,2H3,(H,18,19). The van der Waals surface area contributed by atoms with Gasteiger partial charge in [0.2, 0.25) is 5.91 Å². The molecule has 1 atom stereocenters. The number of nitrogens with zero attached hydrogens (tertiary/aromatic N) is 2. The first-order chi connectivity index (χ1) is 9.74. The highest BCUT2D eigenvalue weighted by molar-refractivity contribution is 7.10. The molecule has 20 heavy (non-hydrogen) atoms. The van der Waals surface area contributed by atoms with Crippen molar-refractivity contribution >= 4 is 17.2 Å². The number of carbonyl (C=O) groups is 1. The van der Waals surface area contributed by atoms with Gasteiger partial charge in [-0.15, -0.1) is 11.3 Å². The van der Waals surface area contributed by atoms with Crippen molar-refractivity contribution in [1.29, 1.82) is 0 Å². The molecule has 1 amide bonds. The normalized spacial score (nSPS) is 11.8. The number of amides is 1. The summed E-state index contributed by atoms with van der Waals surface area (Å²) >= 11 is 1.61. The number of hydrogen-bond donors (Lipinski definition) is 2. The molecule has 0 aliphatic rings. The summed E-state index contributed by atoms with van der Waals surface area (Å²) in [6, 6.07) is 2.05. The van der Waals surface area contributed by atoms with Gasteiger partial charge < -0.3 is 10.6 Å². The highest BCUT2D eigenvalue weighted by Gasteiger charge is 2.16. The highest BCUT2D eigenvalue weighted by Crippen LogP contribution is 2.29. The third kappa shape index (κ3) is 3.49. The van der Waals surface area contributed by atoms with Crippen LogP contribution in [0.15, 0.2) is 42.9 Å². The van der Waals surface area contributed by atoms with E-state index >= 15 is 0 Å². The zero-order chi connectivity index (χ0) is 14.4. The van der Waals surface area contributed by atoms with E-state index in [2.05, 4.69) is 33.2 Å². The van der Waals surface area contributed by atoms with Gasteiger partial charge in [-0.05, 0) is 30.3 Å². The van der Waals surface area contributed by atoms with Crippen molar-refractivity contribution in [3.05, 3.63) is 47.8 Å². The number of carbonyl (C=O) groups excluding carboxylic acids is 1. The summed E-state index contributed by atoms with van der Waals surface area (Å²) < 4.78 is 0. The van der Waals surface area contributed by atoms with E-state index in [-0.39, 0.29) is 11.9 Å². The minimum Gasteiger partial charge on any atom is -0.333 e. The summed E-state index contributed by atoms with van der Waals surface area (Å²) in [5, 5.41) is 7.79. The number of hydrogen-bond acceptors (Lipinski definition) is 5. The fourth-order valence-electron chi connectivity index (χ4n) is 1.84. The zero-order valence-electron chi connectivity index (χ0n) is 11.2. The number of rotatable bonds is 6. The number of aromatic nitrogens is 2. The molecule has 2 aromatic heterocycles. The first-order valence-corrected chi connectivity index (χ1v) is 7.04. The minimum absolute atomic E-state index is 0.0154. The molecule has 0 aliphatic carbocycles. The molecule has 1 unspecified atom stereocenters. The molecule has 5 nitrogen and oxygen atoms in total. The molecular weight excluding hydrogens is 272 g/mol. The maximum atomic E-state index is 11.6. The average molecular weight is 288 g/mol. The maximum absolute atomic E-state index is 11.6. The molecule has 0 aromatic carbocycles. The van der Waals surface area contributed by atoms with Gasteiger partial charge in [0.15, 0.2) is 0 Å². The lowest BCUT2D eigenvalue weighted by Gasteiger charge is -2.13. The fourth-order valence-corrected chi connectivity index (χ4v) is 2.87. The Kier molecular flexibility index (Phi) is 4.97. The Hall–Kier alpha value is -2.05. The zero-order valence-corrected chi connectivity index (χ0v) is 12.0. The van der Waals surface area contributed by atoms with Gasteiger partial charge >= 0.3 is 0 Å². The summed E-state index contributed by atoms with van der Waals surface area (Å²) in [7, 11) is 1.84. The summed E-state index contributed by atoms with van der Waals surface area (Å²) in [6.45, 7) is 3.49. The van der Waals surface area contributed by atoms with Crippen molar-refractivity contribution < 1.29 is 4.79 Å². The largest absolute Gasteiger partial charge is 0.333 e. The van der Waals surface area contributed by atoms with Crippen molar-refractivity contribution in [2.24, 2.45) is 0 Å². The van der Waals surface area contributed by atoms with Crippen LogP contribution in [0.5, 0.6) is 0 Å². The van der Waals surface area contributed by atoms with Crippen LogP contribution in [-0.4, -0.2) is 22.9 Å². The summed E-state index contributed by atoms with van der Waals surface area (Å²) in [5.74, 6) is -0.0580. The lowest BCUT2D eigenvalue weighted by molar-refractivity contribution is -0.120. The van der Waals surface area contributed by atoms with Crippen LogP contribution in [0.1, 0.15) is 17.3 Å². The van der Waals surface area contributed by atoms with E-state index in [1.807, 2.05) is 12.4 Å². The molecule has 2 heterocycles. The van der Waals surface area contributed by atoms with Crippen LogP contribution in [0, 0.1) is 0 Å². The van der Waals surface area contributed by atoms with Crippen molar-refractivity contribution in [1.82, 2.24) is 20.6 Å². The smallest absolute Gasteiger partial charge is 0.225 e. The predicted octanol–water partition coefficient (Wildman–Crippen LogP) is 2.12. The molecule has 2 rings (SSSR count). The van der Waals surface area contributed by atoms with E-state index in [1.165, 1.54) is 12.5 Å². The van der Waals surface area contributed by atoms with Gasteiger partial charge in [0.25, 0.3) is 0 Å². The van der Waals surface area contributed by atoms with E-state index in [4.69, 9.17) is 0 Å². The molecule has 104 valence electrons. The first kappa shape index (κ1) is 14.4. The van der Waals surface area contributed by atoms with Crippen LogP contribution in [0.3, 0.4) is 0 Å². The minimum atomic E-state index is -0.0580. The van der Waals surface area contributed by atoms with Gasteiger partial charge in [-0.2, -0.15) is 0 Å². The molecular formula is C14H16N4OS. The predicted molar refractivity (Wildman–Crippen MR) is 80.1 cm³/mol. The summed E-state index contributed by atoms with van der Waals surface area (Å²) in [4.78, 5) is 20.7. The second-order valence-electron chi connectivity index (χ2n) is 4.18. The summed E-state index contributed by atoms with van der Waals surface area (Å²) in [6.07, 6.45) is 6.83. The van der Waals surface area contributed by atoms with Crippen LogP contribution in [-0.2, 0) is 4.79 Å². The van der Waals surface area contributed by atoms with E-state index in [1.54, 1.807) is 23.7 Å². The van der Waals surface area contributed by atoms with E-state index in [9.17, 15) is 4.79 Å². The van der Waals surface area contributed by atoms with Crippen LogP contribution in [0.4, 0.5) is 0 Å². The van der Waals surface area contributed by atoms with E-state index in [0.717, 1.165) is 16.0 Å². The molecule has 0 spiro atoms. The van der Waals surface area contributed by atoms with E-state index in [0.29, 0.717) is 6.42 Å². The Morgan fingerprint density at radius 2 is 2.20 bits per heavy atom. The number of nitrogens with one attached hydrogen (secondary N) is 2. The third-order valence-electron chi connectivity index (χ3n) is 2.86. The van der Waals surface area contributed by atoms with Gasteiger partial charge in [0.05, 0.1) is 6.04 Å². The van der Waals surface area contributed by atoms with Crippen LogP contribution >= 0.6 is 11.3 Å². The molecule has 0 aliphatic heterocycles. The van der Waals surface area contributed by atoms with Gasteiger partial charge in [-0.3, -0.25) is 4.79 Å². The monoisotopic (exact) mass is 288 g/mol. The Morgan fingerprint density at radius 1 is 1.45 bits per heavy atom. The van der Waals surface area contributed by atoms with Crippen LogP contribution < -0.4 is 10.6 Å². The molecule has 6 heteroatoms. The fraction of sp³-hybridized carbons (Fsp3) is 0.214. The lowest BCUT2D eigenvalue weighted by Crippen LogP contribution is -2.25. The van der Waals surface area contributed by atoms with Crippen molar-refractivity contribution in [3.8, 4) is 11.1 Å².